The molecule has 0 aliphatic heterocycles. The Morgan fingerprint density at radius 3 is 2.44 bits per heavy atom. The quantitative estimate of drug-likeness (QED) is 0.310. The lowest BCUT2D eigenvalue weighted by molar-refractivity contribution is -0.143. The van der Waals surface area contributed by atoms with Gasteiger partial charge in [-0.2, -0.15) is 0 Å². The molecule has 1 amide bonds. The van der Waals surface area contributed by atoms with Crippen LogP contribution in [-0.4, -0.2) is 44.3 Å². The molecule has 100 valence electrons. The molecule has 5 heteroatoms. The summed E-state index contributed by atoms with van der Waals surface area (Å²) in [7, 11) is 4.81. The van der Waals surface area contributed by atoms with E-state index >= 15 is 0 Å². The van der Waals surface area contributed by atoms with E-state index in [9.17, 15) is 9.59 Å². The number of ether oxygens (including phenoxy) is 1. The van der Waals surface area contributed by atoms with Crippen LogP contribution in [0.25, 0.3) is 0 Å². The Balaban J connectivity index is 5.03. The molecule has 0 radical (unpaired) electrons. The molecule has 0 unspecified atom stereocenters. The van der Waals surface area contributed by atoms with Crippen molar-refractivity contribution in [2.24, 2.45) is 10.9 Å². The highest BCUT2D eigenvalue weighted by Gasteiger charge is 2.24. The van der Waals surface area contributed by atoms with Gasteiger partial charge in [-0.3, -0.25) is 9.59 Å². The van der Waals surface area contributed by atoms with Gasteiger partial charge < -0.3 is 9.64 Å². The van der Waals surface area contributed by atoms with Gasteiger partial charge in [0.2, 0.25) is 0 Å². The van der Waals surface area contributed by atoms with Crippen molar-refractivity contribution in [3.8, 4) is 0 Å². The molecule has 0 aromatic carbocycles. The lowest BCUT2D eigenvalue weighted by Crippen LogP contribution is -2.21. The number of methoxy groups -OCH3 is 1. The van der Waals surface area contributed by atoms with E-state index in [1.165, 1.54) is 13.4 Å². The van der Waals surface area contributed by atoms with Crippen LogP contribution in [-0.2, 0) is 14.3 Å². The Kier molecular flexibility index (Phi) is 7.35. The zero-order valence-corrected chi connectivity index (χ0v) is 11.3. The average molecular weight is 252 g/mol. The van der Waals surface area contributed by atoms with Crippen LogP contribution in [0.15, 0.2) is 29.3 Å². The van der Waals surface area contributed by atoms with Crippen LogP contribution in [0.2, 0.25) is 0 Å². The van der Waals surface area contributed by atoms with E-state index in [0.717, 1.165) is 0 Å². The highest BCUT2D eigenvalue weighted by atomic mass is 16.5. The molecule has 1 atom stereocenters. The Hall–Kier alpha value is -1.91. The fraction of sp³-hybridized carbons (Fsp3) is 0.462. The molecular weight excluding hydrogens is 232 g/mol. The Bertz CT molecular complexity index is 370. The molecule has 0 N–H and O–H groups in total. The Morgan fingerprint density at radius 2 is 2.06 bits per heavy atom. The van der Waals surface area contributed by atoms with Crippen LogP contribution in [0, 0.1) is 5.92 Å². The van der Waals surface area contributed by atoms with Gasteiger partial charge in [0.25, 0.3) is 5.91 Å². The summed E-state index contributed by atoms with van der Waals surface area (Å²) in [6, 6.07) is 0. The largest absolute Gasteiger partial charge is 0.469 e. The summed E-state index contributed by atoms with van der Waals surface area (Å²) in [5.41, 5.74) is 0.668. The van der Waals surface area contributed by atoms with Crippen molar-refractivity contribution in [2.45, 2.75) is 13.3 Å². The van der Waals surface area contributed by atoms with Crippen molar-refractivity contribution in [1.82, 2.24) is 4.90 Å². The third-order valence-corrected chi connectivity index (χ3v) is 2.28. The number of nitrogens with zero attached hydrogens (tertiary/aromatic N) is 2. The third kappa shape index (κ3) is 5.43. The standard InChI is InChI=1S/C13H20N2O3/c1-6-10(7-2)11(8-12(16)18-5)13(17)14-9-15(3)4/h6-7,9,11H,1,8H2,2-5H3/b10-7+,14-9?/t11-/m0/s1. The van der Waals surface area contributed by atoms with Crippen molar-refractivity contribution in [3.05, 3.63) is 24.3 Å². The predicted molar refractivity (Wildman–Crippen MR) is 71.3 cm³/mol. The number of aliphatic imine (C=N–C) groups is 1. The minimum atomic E-state index is -0.642. The first-order chi connectivity index (χ1) is 8.46. The molecule has 0 aromatic rings. The number of esters is 1. The van der Waals surface area contributed by atoms with Gasteiger partial charge in [0.15, 0.2) is 0 Å². The molecule has 0 saturated carbocycles. The molecule has 0 aromatic heterocycles. The predicted octanol–water partition coefficient (Wildman–Crippen LogP) is 1.41. The summed E-state index contributed by atoms with van der Waals surface area (Å²) < 4.78 is 4.58. The van der Waals surface area contributed by atoms with E-state index in [1.807, 2.05) is 0 Å². The smallest absolute Gasteiger partial charge is 0.306 e. The first-order valence-corrected chi connectivity index (χ1v) is 5.56. The molecule has 0 aliphatic rings. The van der Waals surface area contributed by atoms with Crippen LogP contribution in [0.3, 0.4) is 0 Å². The molecule has 0 aliphatic carbocycles. The van der Waals surface area contributed by atoms with Crippen LogP contribution in [0.4, 0.5) is 0 Å². The van der Waals surface area contributed by atoms with E-state index in [-0.39, 0.29) is 12.3 Å². The fourth-order valence-corrected chi connectivity index (χ4v) is 1.32. The van der Waals surface area contributed by atoms with Crippen LogP contribution >= 0.6 is 0 Å². The van der Waals surface area contributed by atoms with Gasteiger partial charge in [-0.25, -0.2) is 4.99 Å². The van der Waals surface area contributed by atoms with Crippen molar-refractivity contribution in [1.29, 1.82) is 0 Å². The summed E-state index contributed by atoms with van der Waals surface area (Å²) in [6.45, 7) is 5.41. The number of carbonyl (C=O) groups is 2. The van der Waals surface area contributed by atoms with Crippen LogP contribution < -0.4 is 0 Å². The van der Waals surface area contributed by atoms with Gasteiger partial charge in [-0.05, 0) is 12.5 Å². The van der Waals surface area contributed by atoms with Crippen molar-refractivity contribution in [2.75, 3.05) is 21.2 Å². The minimum absolute atomic E-state index is 0.0359. The van der Waals surface area contributed by atoms with Gasteiger partial charge in [0.1, 0.15) is 0 Å². The number of amides is 1. The van der Waals surface area contributed by atoms with Crippen molar-refractivity contribution in [3.63, 3.8) is 0 Å². The second kappa shape index (κ2) is 8.22. The topological polar surface area (TPSA) is 59.0 Å². The third-order valence-electron chi connectivity index (χ3n) is 2.28. The zero-order valence-electron chi connectivity index (χ0n) is 11.3. The van der Waals surface area contributed by atoms with E-state index in [4.69, 9.17) is 0 Å². The normalized spacial score (nSPS) is 13.2. The Morgan fingerprint density at radius 1 is 1.44 bits per heavy atom. The molecule has 0 heterocycles. The van der Waals surface area contributed by atoms with Crippen LogP contribution in [0.5, 0.6) is 0 Å². The molecular formula is C13H20N2O3. The van der Waals surface area contributed by atoms with Gasteiger partial charge in [0.05, 0.1) is 25.8 Å². The van der Waals surface area contributed by atoms with E-state index in [2.05, 4.69) is 16.3 Å². The zero-order chi connectivity index (χ0) is 14.1. The maximum atomic E-state index is 11.9. The average Bonchev–Trinajstić information content (AvgIpc) is 2.35. The summed E-state index contributed by atoms with van der Waals surface area (Å²) in [5.74, 6) is -1.48. The summed E-state index contributed by atoms with van der Waals surface area (Å²) in [5, 5.41) is 0. The van der Waals surface area contributed by atoms with E-state index in [1.54, 1.807) is 38.1 Å². The highest BCUT2D eigenvalue weighted by Crippen LogP contribution is 2.19. The lowest BCUT2D eigenvalue weighted by atomic mass is 9.94. The molecule has 18 heavy (non-hydrogen) atoms. The minimum Gasteiger partial charge on any atom is -0.469 e. The Labute approximate surface area is 108 Å². The maximum Gasteiger partial charge on any atom is 0.306 e. The first kappa shape index (κ1) is 16.1. The van der Waals surface area contributed by atoms with Gasteiger partial charge in [-0.1, -0.05) is 18.7 Å². The van der Waals surface area contributed by atoms with Crippen LogP contribution in [0.1, 0.15) is 13.3 Å². The summed E-state index contributed by atoms with van der Waals surface area (Å²) in [6.07, 6.45) is 4.66. The molecule has 0 saturated heterocycles. The SMILES string of the molecule is C=C/C(=C\C)[C@H](CC(=O)OC)C(=O)N=CN(C)C. The number of carbonyl (C=O) groups excluding carboxylic acids is 2. The molecule has 0 spiro atoms. The van der Waals surface area contributed by atoms with Gasteiger partial charge in [0, 0.05) is 14.1 Å². The van der Waals surface area contributed by atoms with Crippen molar-refractivity contribution < 1.29 is 14.3 Å². The second-order valence-electron chi connectivity index (χ2n) is 3.87. The monoisotopic (exact) mass is 252 g/mol. The lowest BCUT2D eigenvalue weighted by Gasteiger charge is -2.13. The summed E-state index contributed by atoms with van der Waals surface area (Å²) >= 11 is 0. The van der Waals surface area contributed by atoms with E-state index in [0.29, 0.717) is 5.57 Å². The number of hydrogen-bond acceptors (Lipinski definition) is 3. The summed E-state index contributed by atoms with van der Waals surface area (Å²) in [4.78, 5) is 28.7. The van der Waals surface area contributed by atoms with Crippen molar-refractivity contribution >= 4 is 18.2 Å². The fourth-order valence-electron chi connectivity index (χ4n) is 1.32. The van der Waals surface area contributed by atoms with E-state index < -0.39 is 11.9 Å². The number of hydrogen-bond donors (Lipinski definition) is 0. The maximum absolute atomic E-state index is 11.9. The molecule has 0 rings (SSSR count). The van der Waals surface area contributed by atoms with Gasteiger partial charge >= 0.3 is 5.97 Å². The van der Waals surface area contributed by atoms with Gasteiger partial charge in [-0.15, -0.1) is 0 Å². The number of rotatable bonds is 6. The number of allylic oxidation sites excluding steroid dienone is 2. The first-order valence-electron chi connectivity index (χ1n) is 5.56. The molecule has 0 fully saturated rings. The second-order valence-corrected chi connectivity index (χ2v) is 3.87. The molecule has 0 bridgehead atoms. The highest BCUT2D eigenvalue weighted by molar-refractivity contribution is 5.91. The molecule has 5 nitrogen and oxygen atoms in total.